The van der Waals surface area contributed by atoms with Gasteiger partial charge in [-0.25, -0.2) is 4.39 Å². The van der Waals surface area contributed by atoms with Gasteiger partial charge in [0.1, 0.15) is 6.61 Å². The molecule has 2 aromatic rings. The average molecular weight is 276 g/mol. The van der Waals surface area contributed by atoms with Gasteiger partial charge in [0, 0.05) is 24.2 Å². The van der Waals surface area contributed by atoms with Crippen molar-refractivity contribution in [2.75, 3.05) is 0 Å². The number of hydrogen-bond donors (Lipinski definition) is 1. The van der Waals surface area contributed by atoms with Crippen molar-refractivity contribution in [1.82, 2.24) is 0 Å². The Morgan fingerprint density at radius 2 is 2.00 bits per heavy atom. The minimum atomic E-state index is -0.501. The van der Waals surface area contributed by atoms with Crippen LogP contribution in [0.3, 0.4) is 0 Å². The molecule has 2 N–H and O–H groups in total. The monoisotopic (exact) mass is 276 g/mol. The third kappa shape index (κ3) is 3.10. The molecule has 20 heavy (non-hydrogen) atoms. The van der Waals surface area contributed by atoms with E-state index in [-0.39, 0.29) is 24.6 Å². The highest BCUT2D eigenvalue weighted by Crippen LogP contribution is 2.24. The topological polar surface area (TPSA) is 78.4 Å². The van der Waals surface area contributed by atoms with Gasteiger partial charge in [-0.3, -0.25) is 10.1 Å². The summed E-state index contributed by atoms with van der Waals surface area (Å²) in [5.41, 5.74) is 6.63. The molecule has 0 amide bonds. The van der Waals surface area contributed by atoms with E-state index in [0.29, 0.717) is 11.1 Å². The average Bonchev–Trinajstić information content (AvgIpc) is 2.46. The molecule has 2 aromatic carbocycles. The molecule has 0 atom stereocenters. The molecule has 0 unspecified atom stereocenters. The first-order chi connectivity index (χ1) is 9.61. The molecule has 0 saturated heterocycles. The van der Waals surface area contributed by atoms with Crippen molar-refractivity contribution < 1.29 is 14.1 Å². The zero-order valence-electron chi connectivity index (χ0n) is 10.6. The van der Waals surface area contributed by atoms with Crippen LogP contribution in [0.1, 0.15) is 11.1 Å². The van der Waals surface area contributed by atoms with Gasteiger partial charge in [0.05, 0.1) is 4.92 Å². The lowest BCUT2D eigenvalue weighted by atomic mass is 10.2. The summed E-state index contributed by atoms with van der Waals surface area (Å²) in [6.45, 7) is 0.192. The van der Waals surface area contributed by atoms with E-state index in [1.165, 1.54) is 18.2 Å². The summed E-state index contributed by atoms with van der Waals surface area (Å²) in [6, 6.07) is 10.5. The zero-order chi connectivity index (χ0) is 14.5. The molecule has 0 aliphatic heterocycles. The van der Waals surface area contributed by atoms with Gasteiger partial charge in [0.25, 0.3) is 5.69 Å². The molecule has 6 heteroatoms. The Morgan fingerprint density at radius 3 is 2.70 bits per heavy atom. The Balaban J connectivity index is 2.17. The van der Waals surface area contributed by atoms with Crippen LogP contribution >= 0.6 is 0 Å². The Morgan fingerprint density at radius 1 is 1.25 bits per heavy atom. The van der Waals surface area contributed by atoms with E-state index in [1.807, 2.05) is 0 Å². The van der Waals surface area contributed by atoms with E-state index in [0.717, 1.165) is 0 Å². The van der Waals surface area contributed by atoms with Gasteiger partial charge < -0.3 is 10.5 Å². The highest BCUT2D eigenvalue weighted by atomic mass is 19.1. The molecular weight excluding hydrogens is 263 g/mol. The maximum Gasteiger partial charge on any atom is 0.269 e. The van der Waals surface area contributed by atoms with Crippen molar-refractivity contribution in [1.29, 1.82) is 0 Å². The van der Waals surface area contributed by atoms with Crippen LogP contribution in [0.5, 0.6) is 5.75 Å². The summed E-state index contributed by atoms with van der Waals surface area (Å²) >= 11 is 0. The number of nitrogens with zero attached hydrogens (tertiary/aromatic N) is 1. The summed E-state index contributed by atoms with van der Waals surface area (Å²) in [5.74, 6) is -0.417. The summed E-state index contributed by atoms with van der Waals surface area (Å²) in [6.07, 6.45) is 0. The second-order valence-corrected chi connectivity index (χ2v) is 4.15. The highest BCUT2D eigenvalue weighted by Gasteiger charge is 2.10. The van der Waals surface area contributed by atoms with Crippen LogP contribution in [0.15, 0.2) is 42.5 Å². The number of non-ortho nitro benzene ring substituents is 1. The minimum Gasteiger partial charge on any atom is -0.485 e. The molecular formula is C14H13FN2O3. The lowest BCUT2D eigenvalue weighted by molar-refractivity contribution is -0.384. The molecule has 0 bridgehead atoms. The third-order valence-corrected chi connectivity index (χ3v) is 2.77. The van der Waals surface area contributed by atoms with E-state index in [4.69, 9.17) is 10.5 Å². The summed E-state index contributed by atoms with van der Waals surface area (Å²) in [4.78, 5) is 10.2. The summed E-state index contributed by atoms with van der Waals surface area (Å²) in [5, 5.41) is 10.7. The fourth-order valence-electron chi connectivity index (χ4n) is 1.79. The van der Waals surface area contributed by atoms with Gasteiger partial charge in [-0.2, -0.15) is 0 Å². The predicted octanol–water partition coefficient (Wildman–Crippen LogP) is 2.77. The van der Waals surface area contributed by atoms with Crippen LogP contribution in [0.25, 0.3) is 0 Å². The number of halogens is 1. The smallest absolute Gasteiger partial charge is 0.269 e. The molecule has 0 fully saturated rings. The van der Waals surface area contributed by atoms with Crippen LogP contribution in [-0.4, -0.2) is 4.92 Å². The largest absolute Gasteiger partial charge is 0.485 e. The van der Waals surface area contributed by atoms with Crippen molar-refractivity contribution in [3.8, 4) is 5.75 Å². The number of para-hydroxylation sites is 1. The highest BCUT2D eigenvalue weighted by molar-refractivity contribution is 5.36. The summed E-state index contributed by atoms with van der Waals surface area (Å²) < 4.78 is 19.1. The first-order valence-electron chi connectivity index (χ1n) is 5.95. The number of nitro benzene ring substituents is 1. The Hall–Kier alpha value is -2.47. The van der Waals surface area contributed by atoms with E-state index >= 15 is 0 Å². The molecule has 2 rings (SSSR count). The first kappa shape index (κ1) is 14.0. The number of nitrogens with two attached hydrogens (primary N) is 1. The van der Waals surface area contributed by atoms with E-state index in [2.05, 4.69) is 0 Å². The fraction of sp³-hybridized carbons (Fsp3) is 0.143. The van der Waals surface area contributed by atoms with Gasteiger partial charge in [-0.1, -0.05) is 24.3 Å². The quantitative estimate of drug-likeness (QED) is 0.672. The van der Waals surface area contributed by atoms with Crippen LogP contribution in [0.2, 0.25) is 0 Å². The minimum absolute atomic E-state index is 0.0290. The fourth-order valence-corrected chi connectivity index (χ4v) is 1.79. The standard InChI is InChI=1S/C14H13FN2O3/c15-13-6-2-4-11(8-16)14(13)20-9-10-3-1-5-12(7-10)17(18)19/h1-7H,8-9,16H2. The van der Waals surface area contributed by atoms with Crippen molar-refractivity contribution in [2.45, 2.75) is 13.2 Å². The summed E-state index contributed by atoms with van der Waals surface area (Å²) in [7, 11) is 0. The zero-order valence-corrected chi connectivity index (χ0v) is 10.6. The van der Waals surface area contributed by atoms with Crippen molar-refractivity contribution >= 4 is 5.69 Å². The third-order valence-electron chi connectivity index (χ3n) is 2.77. The van der Waals surface area contributed by atoms with Crippen LogP contribution < -0.4 is 10.5 Å². The molecule has 0 aliphatic rings. The molecule has 104 valence electrons. The number of rotatable bonds is 5. The number of ether oxygens (including phenoxy) is 1. The molecule has 0 aliphatic carbocycles. The number of benzene rings is 2. The lowest BCUT2D eigenvalue weighted by Crippen LogP contribution is -2.04. The van der Waals surface area contributed by atoms with E-state index in [1.54, 1.807) is 24.3 Å². The van der Waals surface area contributed by atoms with E-state index in [9.17, 15) is 14.5 Å². The normalized spacial score (nSPS) is 10.3. The maximum absolute atomic E-state index is 13.7. The predicted molar refractivity (Wildman–Crippen MR) is 71.7 cm³/mol. The van der Waals surface area contributed by atoms with Crippen LogP contribution in [0.4, 0.5) is 10.1 Å². The second-order valence-electron chi connectivity index (χ2n) is 4.15. The Labute approximate surface area is 114 Å². The Kier molecular flexibility index (Phi) is 4.27. The van der Waals surface area contributed by atoms with Gasteiger partial charge in [-0.05, 0) is 11.6 Å². The molecule has 0 saturated carbocycles. The van der Waals surface area contributed by atoms with Crippen molar-refractivity contribution in [3.05, 3.63) is 69.5 Å². The van der Waals surface area contributed by atoms with Gasteiger partial charge >= 0.3 is 0 Å². The molecule has 0 radical (unpaired) electrons. The molecule has 5 nitrogen and oxygen atoms in total. The molecule has 0 aromatic heterocycles. The molecule has 0 heterocycles. The van der Waals surface area contributed by atoms with E-state index < -0.39 is 10.7 Å². The van der Waals surface area contributed by atoms with Crippen LogP contribution in [-0.2, 0) is 13.2 Å². The van der Waals surface area contributed by atoms with Gasteiger partial charge in [-0.15, -0.1) is 0 Å². The van der Waals surface area contributed by atoms with Crippen molar-refractivity contribution in [3.63, 3.8) is 0 Å². The Bertz CT molecular complexity index is 632. The van der Waals surface area contributed by atoms with Gasteiger partial charge in [0.2, 0.25) is 0 Å². The molecule has 0 spiro atoms. The SMILES string of the molecule is NCc1cccc(F)c1OCc1cccc([N+](=O)[O-])c1. The van der Waals surface area contributed by atoms with Crippen LogP contribution in [0, 0.1) is 15.9 Å². The maximum atomic E-state index is 13.7. The first-order valence-corrected chi connectivity index (χ1v) is 5.95. The second kappa shape index (κ2) is 6.12. The number of hydrogen-bond acceptors (Lipinski definition) is 4. The van der Waals surface area contributed by atoms with Crippen molar-refractivity contribution in [2.24, 2.45) is 5.73 Å². The number of nitro groups is 1. The van der Waals surface area contributed by atoms with Gasteiger partial charge in [0.15, 0.2) is 11.6 Å². The lowest BCUT2D eigenvalue weighted by Gasteiger charge is -2.11.